The third kappa shape index (κ3) is 5.23. The molecular weight excluding hydrogens is 430 g/mol. The van der Waals surface area contributed by atoms with Gasteiger partial charge in [0.25, 0.3) is 0 Å². The number of nitrogens with zero attached hydrogens (tertiary/aromatic N) is 2. The molecule has 172 valence electrons. The molecule has 4 rings (SSSR count). The highest BCUT2D eigenvalue weighted by Crippen LogP contribution is 2.39. The molecule has 2 atom stereocenters. The van der Waals surface area contributed by atoms with Crippen molar-refractivity contribution in [2.45, 2.75) is 38.9 Å². The topological polar surface area (TPSA) is 82.1 Å². The van der Waals surface area contributed by atoms with E-state index in [1.807, 2.05) is 25.1 Å². The Bertz CT molecular complexity index is 960. The SMILES string of the molecule is CC(=O)N1c2ccc(-c3ccc(CN4CCOCC4)cc3)cc2C(NC(=O)O)CC1C.Cl. The molecule has 7 nitrogen and oxygen atoms in total. The Labute approximate surface area is 194 Å². The fourth-order valence-electron chi connectivity index (χ4n) is 4.63. The van der Waals surface area contributed by atoms with Gasteiger partial charge in [0.05, 0.1) is 19.3 Å². The number of ether oxygens (including phenoxy) is 1. The molecular formula is C24H30ClN3O4. The van der Waals surface area contributed by atoms with E-state index in [-0.39, 0.29) is 30.4 Å². The maximum absolute atomic E-state index is 12.2. The number of fused-ring (bicyclic) bond motifs is 1. The highest BCUT2D eigenvalue weighted by atomic mass is 35.5. The van der Waals surface area contributed by atoms with Crippen LogP contribution in [0.25, 0.3) is 11.1 Å². The van der Waals surface area contributed by atoms with Crippen molar-refractivity contribution in [3.05, 3.63) is 53.6 Å². The van der Waals surface area contributed by atoms with Gasteiger partial charge in [-0.1, -0.05) is 30.3 Å². The summed E-state index contributed by atoms with van der Waals surface area (Å²) in [6.07, 6.45) is -0.516. The van der Waals surface area contributed by atoms with Crippen LogP contribution in [0.2, 0.25) is 0 Å². The van der Waals surface area contributed by atoms with Crippen molar-refractivity contribution >= 4 is 30.1 Å². The Morgan fingerprint density at radius 1 is 1.09 bits per heavy atom. The van der Waals surface area contributed by atoms with Crippen molar-refractivity contribution in [1.82, 2.24) is 10.2 Å². The largest absolute Gasteiger partial charge is 0.465 e. The molecule has 0 spiro atoms. The first kappa shape index (κ1) is 24.0. The Morgan fingerprint density at radius 3 is 2.38 bits per heavy atom. The van der Waals surface area contributed by atoms with Crippen LogP contribution in [0, 0.1) is 0 Å². The van der Waals surface area contributed by atoms with Crippen molar-refractivity contribution < 1.29 is 19.4 Å². The lowest BCUT2D eigenvalue weighted by Crippen LogP contribution is -2.45. The van der Waals surface area contributed by atoms with Crippen LogP contribution < -0.4 is 10.2 Å². The Morgan fingerprint density at radius 2 is 1.75 bits per heavy atom. The molecule has 0 aromatic heterocycles. The number of hydrogen-bond acceptors (Lipinski definition) is 4. The highest BCUT2D eigenvalue weighted by Gasteiger charge is 2.33. The third-order valence-electron chi connectivity index (χ3n) is 6.11. The Hall–Kier alpha value is -2.61. The molecule has 2 unspecified atom stereocenters. The maximum atomic E-state index is 12.2. The molecule has 1 fully saturated rings. The molecule has 0 bridgehead atoms. The van der Waals surface area contributed by atoms with Crippen LogP contribution in [0.1, 0.15) is 37.4 Å². The summed E-state index contributed by atoms with van der Waals surface area (Å²) in [5.74, 6) is -0.0391. The van der Waals surface area contributed by atoms with Gasteiger partial charge in [0.15, 0.2) is 0 Å². The quantitative estimate of drug-likeness (QED) is 0.720. The van der Waals surface area contributed by atoms with Gasteiger partial charge < -0.3 is 20.1 Å². The number of carbonyl (C=O) groups is 2. The average Bonchev–Trinajstić information content (AvgIpc) is 2.74. The molecule has 2 N–H and O–H groups in total. The molecule has 1 saturated heterocycles. The molecule has 32 heavy (non-hydrogen) atoms. The van der Waals surface area contributed by atoms with E-state index in [0.717, 1.165) is 55.2 Å². The summed E-state index contributed by atoms with van der Waals surface area (Å²) < 4.78 is 5.41. The first-order valence-electron chi connectivity index (χ1n) is 10.7. The summed E-state index contributed by atoms with van der Waals surface area (Å²) >= 11 is 0. The molecule has 2 heterocycles. The van der Waals surface area contributed by atoms with Crippen LogP contribution in [-0.4, -0.2) is 54.4 Å². The van der Waals surface area contributed by atoms with Gasteiger partial charge in [-0.2, -0.15) is 0 Å². The van der Waals surface area contributed by atoms with E-state index < -0.39 is 6.09 Å². The minimum Gasteiger partial charge on any atom is -0.465 e. The second kappa shape index (κ2) is 10.3. The number of anilines is 1. The molecule has 2 aromatic carbocycles. The first-order valence-corrected chi connectivity index (χ1v) is 10.7. The van der Waals surface area contributed by atoms with Gasteiger partial charge in [-0.3, -0.25) is 9.69 Å². The second-order valence-corrected chi connectivity index (χ2v) is 8.33. The van der Waals surface area contributed by atoms with E-state index in [0.29, 0.717) is 6.42 Å². The summed E-state index contributed by atoms with van der Waals surface area (Å²) in [6, 6.07) is 14.0. The van der Waals surface area contributed by atoms with Gasteiger partial charge in [0, 0.05) is 38.3 Å². The van der Waals surface area contributed by atoms with Gasteiger partial charge in [0.2, 0.25) is 5.91 Å². The number of benzene rings is 2. The predicted octanol–water partition coefficient (Wildman–Crippen LogP) is 4.06. The standard InChI is InChI=1S/C24H29N3O4.ClH/c1-16-13-22(25-24(29)30)21-14-20(7-8-23(21)27(16)17(2)28)19-5-3-18(4-6-19)15-26-9-11-31-12-10-26;/h3-8,14,16,22,25H,9-13,15H2,1-2H3,(H,29,30);1H. The Balaban J connectivity index is 0.00000289. The second-order valence-electron chi connectivity index (χ2n) is 8.33. The van der Waals surface area contributed by atoms with Crippen LogP contribution >= 0.6 is 12.4 Å². The van der Waals surface area contributed by atoms with Crippen LogP contribution in [0.15, 0.2) is 42.5 Å². The predicted molar refractivity (Wildman–Crippen MR) is 126 cm³/mol. The summed E-state index contributed by atoms with van der Waals surface area (Å²) in [5.41, 5.74) is 4.94. The van der Waals surface area contributed by atoms with Gasteiger partial charge >= 0.3 is 6.09 Å². The fraction of sp³-hybridized carbons (Fsp3) is 0.417. The zero-order valence-electron chi connectivity index (χ0n) is 18.4. The number of rotatable bonds is 4. The van der Waals surface area contributed by atoms with E-state index in [4.69, 9.17) is 4.74 Å². The fourth-order valence-corrected chi connectivity index (χ4v) is 4.63. The van der Waals surface area contributed by atoms with Crippen LogP contribution in [-0.2, 0) is 16.1 Å². The van der Waals surface area contributed by atoms with Crippen molar-refractivity contribution in [3.8, 4) is 11.1 Å². The molecule has 0 aliphatic carbocycles. The number of amides is 2. The van der Waals surface area contributed by atoms with Crippen molar-refractivity contribution in [2.24, 2.45) is 0 Å². The van der Waals surface area contributed by atoms with Crippen molar-refractivity contribution in [3.63, 3.8) is 0 Å². The molecule has 2 aliphatic rings. The molecule has 0 saturated carbocycles. The first-order chi connectivity index (χ1) is 14.9. The number of morpholine rings is 1. The number of carbonyl (C=O) groups excluding carboxylic acids is 1. The van der Waals surface area contributed by atoms with E-state index in [2.05, 4.69) is 34.5 Å². The van der Waals surface area contributed by atoms with Crippen molar-refractivity contribution in [2.75, 3.05) is 31.2 Å². The maximum Gasteiger partial charge on any atom is 0.405 e. The lowest BCUT2D eigenvalue weighted by molar-refractivity contribution is -0.117. The highest BCUT2D eigenvalue weighted by molar-refractivity contribution is 5.94. The van der Waals surface area contributed by atoms with Gasteiger partial charge in [-0.05, 0) is 47.7 Å². The Kier molecular flexibility index (Phi) is 7.77. The molecule has 2 aromatic rings. The van der Waals surface area contributed by atoms with Crippen molar-refractivity contribution in [1.29, 1.82) is 0 Å². The summed E-state index contributed by atoms with van der Waals surface area (Å²) in [6.45, 7) is 7.88. The van der Waals surface area contributed by atoms with E-state index in [1.54, 1.807) is 11.8 Å². The van der Waals surface area contributed by atoms with Gasteiger partial charge in [-0.15, -0.1) is 12.4 Å². The molecule has 8 heteroatoms. The van der Waals surface area contributed by atoms with E-state index >= 15 is 0 Å². The lowest BCUT2D eigenvalue weighted by Gasteiger charge is -2.39. The zero-order valence-corrected chi connectivity index (χ0v) is 19.2. The molecule has 2 amide bonds. The summed E-state index contributed by atoms with van der Waals surface area (Å²) in [7, 11) is 0. The third-order valence-corrected chi connectivity index (χ3v) is 6.11. The number of hydrogen-bond donors (Lipinski definition) is 2. The smallest absolute Gasteiger partial charge is 0.405 e. The minimum absolute atomic E-state index is 0. The zero-order chi connectivity index (χ0) is 22.0. The number of halogens is 1. The van der Waals surface area contributed by atoms with Crippen LogP contribution in [0.5, 0.6) is 0 Å². The molecule has 2 aliphatic heterocycles. The molecule has 0 radical (unpaired) electrons. The average molecular weight is 460 g/mol. The van der Waals surface area contributed by atoms with Crippen LogP contribution in [0.4, 0.5) is 10.5 Å². The lowest BCUT2D eigenvalue weighted by atomic mass is 9.89. The number of carboxylic acid groups (broad SMARTS) is 1. The van der Waals surface area contributed by atoms with E-state index in [9.17, 15) is 14.7 Å². The van der Waals surface area contributed by atoms with Gasteiger partial charge in [-0.25, -0.2) is 4.79 Å². The normalized spacial score (nSPS) is 20.8. The van der Waals surface area contributed by atoms with Gasteiger partial charge in [0.1, 0.15) is 0 Å². The minimum atomic E-state index is -1.06. The van der Waals surface area contributed by atoms with Crippen LogP contribution in [0.3, 0.4) is 0 Å². The number of nitrogens with one attached hydrogen (secondary N) is 1. The summed E-state index contributed by atoms with van der Waals surface area (Å²) in [4.78, 5) is 27.7. The monoisotopic (exact) mass is 459 g/mol. The van der Waals surface area contributed by atoms with E-state index in [1.165, 1.54) is 5.56 Å². The summed E-state index contributed by atoms with van der Waals surface area (Å²) in [5, 5.41) is 11.9.